The summed E-state index contributed by atoms with van der Waals surface area (Å²) in [6.45, 7) is 3.16. The molecule has 28 heavy (non-hydrogen) atoms. The number of anilines is 2. The number of aromatic nitrogens is 3. The largest absolute Gasteiger partial charge is 0.497 e. The van der Waals surface area contributed by atoms with Crippen LogP contribution in [-0.2, 0) is 4.79 Å². The van der Waals surface area contributed by atoms with Gasteiger partial charge in [0.05, 0.1) is 13.0 Å². The lowest BCUT2D eigenvalue weighted by molar-refractivity contribution is -0.120. The number of methoxy groups -OCH3 is 1. The molecule has 1 aromatic carbocycles. The van der Waals surface area contributed by atoms with E-state index in [1.54, 1.807) is 14.0 Å². The fourth-order valence-corrected chi connectivity index (χ4v) is 4.31. The molecule has 0 bridgehead atoms. The lowest BCUT2D eigenvalue weighted by Gasteiger charge is -2.31. The number of benzene rings is 1. The molecular formula is C19H21N5O3S. The van der Waals surface area contributed by atoms with E-state index < -0.39 is 0 Å². The van der Waals surface area contributed by atoms with Gasteiger partial charge in [-0.2, -0.15) is 4.52 Å². The molecule has 0 radical (unpaired) electrons. The minimum atomic E-state index is -0.184. The molecule has 0 saturated carbocycles. The van der Waals surface area contributed by atoms with Crippen LogP contribution in [0.1, 0.15) is 18.5 Å². The Labute approximate surface area is 165 Å². The van der Waals surface area contributed by atoms with Gasteiger partial charge < -0.3 is 15.0 Å². The fraction of sp³-hybridized carbons (Fsp3) is 0.368. The van der Waals surface area contributed by atoms with E-state index in [0.29, 0.717) is 17.2 Å². The number of amides is 1. The van der Waals surface area contributed by atoms with Crippen molar-refractivity contribution in [3.8, 4) is 5.75 Å². The first-order chi connectivity index (χ1) is 13.5. The Morgan fingerprint density at radius 2 is 2.11 bits per heavy atom. The first-order valence-electron chi connectivity index (χ1n) is 9.11. The van der Waals surface area contributed by atoms with Crippen molar-refractivity contribution in [1.29, 1.82) is 0 Å². The van der Waals surface area contributed by atoms with Crippen molar-refractivity contribution in [3.63, 3.8) is 0 Å². The van der Waals surface area contributed by atoms with Gasteiger partial charge >= 0.3 is 0 Å². The molecule has 1 saturated heterocycles. The molecule has 9 heteroatoms. The standard InChI is InChI=1S/C19H21N5O3S/c1-12-10-16(25)24-18(20-12)28-19(22-24)23-9-3-4-13(11-23)17(26)21-14-5-7-15(27-2)8-6-14/h5-8,10,13H,3-4,9,11H2,1-2H3,(H,21,26)/t13-/m0/s1. The predicted octanol–water partition coefficient (Wildman–Crippen LogP) is 2.32. The lowest BCUT2D eigenvalue weighted by Crippen LogP contribution is -2.40. The quantitative estimate of drug-likeness (QED) is 0.724. The van der Waals surface area contributed by atoms with Crippen LogP contribution in [0, 0.1) is 12.8 Å². The number of ether oxygens (including phenoxy) is 1. The summed E-state index contributed by atoms with van der Waals surface area (Å²) in [6.07, 6.45) is 1.71. The maximum absolute atomic E-state index is 12.7. The summed E-state index contributed by atoms with van der Waals surface area (Å²) < 4.78 is 6.47. The average molecular weight is 399 g/mol. The molecule has 0 aliphatic carbocycles. The maximum Gasteiger partial charge on any atom is 0.275 e. The summed E-state index contributed by atoms with van der Waals surface area (Å²) in [7, 11) is 1.61. The van der Waals surface area contributed by atoms with Crippen molar-refractivity contribution in [3.05, 3.63) is 46.4 Å². The van der Waals surface area contributed by atoms with Crippen LogP contribution in [0.25, 0.3) is 4.96 Å². The second-order valence-corrected chi connectivity index (χ2v) is 7.75. The minimum Gasteiger partial charge on any atom is -0.497 e. The van der Waals surface area contributed by atoms with E-state index >= 15 is 0 Å². The van der Waals surface area contributed by atoms with Crippen molar-refractivity contribution in [2.75, 3.05) is 30.4 Å². The zero-order chi connectivity index (χ0) is 19.7. The first kappa shape index (κ1) is 18.4. The Kier molecular flexibility index (Phi) is 4.99. The van der Waals surface area contributed by atoms with Crippen molar-refractivity contribution in [2.24, 2.45) is 5.92 Å². The Balaban J connectivity index is 1.48. The zero-order valence-electron chi connectivity index (χ0n) is 15.7. The van der Waals surface area contributed by atoms with Crippen molar-refractivity contribution >= 4 is 33.0 Å². The molecule has 1 aliphatic rings. The van der Waals surface area contributed by atoms with Gasteiger partial charge in [-0.3, -0.25) is 9.59 Å². The number of rotatable bonds is 4. The second kappa shape index (κ2) is 7.59. The highest BCUT2D eigenvalue weighted by molar-refractivity contribution is 7.20. The average Bonchev–Trinajstić information content (AvgIpc) is 3.13. The molecule has 0 spiro atoms. The molecular weight excluding hydrogens is 378 g/mol. The van der Waals surface area contributed by atoms with E-state index in [1.807, 2.05) is 24.3 Å². The number of carbonyl (C=O) groups excluding carboxylic acids is 1. The van der Waals surface area contributed by atoms with Gasteiger partial charge in [-0.25, -0.2) is 4.98 Å². The number of nitrogens with zero attached hydrogens (tertiary/aromatic N) is 4. The first-order valence-corrected chi connectivity index (χ1v) is 9.92. The third kappa shape index (κ3) is 3.70. The number of hydrogen-bond acceptors (Lipinski definition) is 7. The summed E-state index contributed by atoms with van der Waals surface area (Å²) in [6, 6.07) is 8.75. The maximum atomic E-state index is 12.7. The zero-order valence-corrected chi connectivity index (χ0v) is 16.5. The summed E-state index contributed by atoms with van der Waals surface area (Å²) in [5, 5.41) is 8.11. The Hall–Kier alpha value is -2.94. The molecule has 1 fully saturated rings. The van der Waals surface area contributed by atoms with Crippen LogP contribution >= 0.6 is 11.3 Å². The van der Waals surface area contributed by atoms with Gasteiger partial charge in [0.1, 0.15) is 5.75 Å². The molecule has 4 rings (SSSR count). The number of carbonyl (C=O) groups is 1. The Morgan fingerprint density at radius 1 is 1.32 bits per heavy atom. The molecule has 2 aromatic heterocycles. The molecule has 0 unspecified atom stereocenters. The molecule has 1 amide bonds. The smallest absolute Gasteiger partial charge is 0.275 e. The number of nitrogens with one attached hydrogen (secondary N) is 1. The van der Waals surface area contributed by atoms with Gasteiger partial charge in [-0.15, -0.1) is 5.10 Å². The predicted molar refractivity (Wildman–Crippen MR) is 108 cm³/mol. The number of hydrogen-bond donors (Lipinski definition) is 1. The third-order valence-corrected chi connectivity index (χ3v) is 5.75. The molecule has 1 atom stereocenters. The van der Waals surface area contributed by atoms with Gasteiger partial charge in [0.2, 0.25) is 16.0 Å². The highest BCUT2D eigenvalue weighted by Crippen LogP contribution is 2.27. The molecule has 146 valence electrons. The fourth-order valence-electron chi connectivity index (χ4n) is 3.32. The highest BCUT2D eigenvalue weighted by Gasteiger charge is 2.28. The van der Waals surface area contributed by atoms with E-state index in [0.717, 1.165) is 36.0 Å². The monoisotopic (exact) mass is 399 g/mol. The van der Waals surface area contributed by atoms with Gasteiger partial charge in [0, 0.05) is 30.5 Å². The van der Waals surface area contributed by atoms with Crippen molar-refractivity contribution in [2.45, 2.75) is 19.8 Å². The van der Waals surface area contributed by atoms with Crippen LogP contribution in [-0.4, -0.2) is 40.7 Å². The lowest BCUT2D eigenvalue weighted by atomic mass is 9.97. The summed E-state index contributed by atoms with van der Waals surface area (Å²) in [5.41, 5.74) is 1.24. The van der Waals surface area contributed by atoms with E-state index in [1.165, 1.54) is 21.9 Å². The SMILES string of the molecule is COc1ccc(NC(=O)[C@H]2CCCN(c3nn4c(=O)cc(C)nc4s3)C2)cc1. The van der Waals surface area contributed by atoms with Gasteiger partial charge in [0.15, 0.2) is 0 Å². The minimum absolute atomic E-state index is 0.0119. The van der Waals surface area contributed by atoms with Gasteiger partial charge in [0.25, 0.3) is 5.56 Å². The molecule has 1 N–H and O–H groups in total. The number of aryl methyl sites for hydroxylation is 1. The van der Waals surface area contributed by atoms with Crippen molar-refractivity contribution < 1.29 is 9.53 Å². The molecule has 3 aromatic rings. The third-order valence-electron chi connectivity index (χ3n) is 4.78. The van der Waals surface area contributed by atoms with E-state index in [4.69, 9.17) is 4.74 Å². The van der Waals surface area contributed by atoms with E-state index in [9.17, 15) is 9.59 Å². The number of piperidine rings is 1. The van der Waals surface area contributed by atoms with Crippen LogP contribution in [0.2, 0.25) is 0 Å². The van der Waals surface area contributed by atoms with Crippen LogP contribution in [0.3, 0.4) is 0 Å². The van der Waals surface area contributed by atoms with Gasteiger partial charge in [-0.1, -0.05) is 11.3 Å². The second-order valence-electron chi connectivity index (χ2n) is 6.82. The normalized spacial score (nSPS) is 16.9. The molecule has 3 heterocycles. The van der Waals surface area contributed by atoms with E-state index in [2.05, 4.69) is 20.3 Å². The van der Waals surface area contributed by atoms with E-state index in [-0.39, 0.29) is 17.4 Å². The molecule has 8 nitrogen and oxygen atoms in total. The Morgan fingerprint density at radius 3 is 2.86 bits per heavy atom. The van der Waals surface area contributed by atoms with Crippen LogP contribution < -0.4 is 20.5 Å². The van der Waals surface area contributed by atoms with Crippen LogP contribution in [0.15, 0.2) is 35.1 Å². The number of fused-ring (bicyclic) bond motifs is 1. The Bertz CT molecular complexity index is 1060. The topological polar surface area (TPSA) is 88.8 Å². The summed E-state index contributed by atoms with van der Waals surface area (Å²) in [5.74, 6) is 0.591. The highest BCUT2D eigenvalue weighted by atomic mass is 32.1. The summed E-state index contributed by atoms with van der Waals surface area (Å²) >= 11 is 1.38. The van der Waals surface area contributed by atoms with Crippen LogP contribution in [0.5, 0.6) is 5.75 Å². The van der Waals surface area contributed by atoms with Crippen molar-refractivity contribution in [1.82, 2.24) is 14.6 Å². The van der Waals surface area contributed by atoms with Gasteiger partial charge in [-0.05, 0) is 44.0 Å². The molecule has 1 aliphatic heterocycles. The summed E-state index contributed by atoms with van der Waals surface area (Å²) in [4.78, 5) is 31.8. The van der Waals surface area contributed by atoms with Crippen LogP contribution in [0.4, 0.5) is 10.8 Å².